The van der Waals surface area contributed by atoms with E-state index in [1.165, 1.54) is 24.8 Å². The molecule has 1 saturated heterocycles. The maximum atomic E-state index is 5.23. The van der Waals surface area contributed by atoms with Crippen LogP contribution in [0.3, 0.4) is 0 Å². The molecule has 0 amide bonds. The van der Waals surface area contributed by atoms with Crippen molar-refractivity contribution < 1.29 is 4.74 Å². The zero-order valence-corrected chi connectivity index (χ0v) is 10.2. The second kappa shape index (κ2) is 5.35. The van der Waals surface area contributed by atoms with Crippen molar-refractivity contribution in [2.24, 2.45) is 0 Å². The third-order valence-corrected chi connectivity index (χ3v) is 3.38. The van der Waals surface area contributed by atoms with Gasteiger partial charge in [0.2, 0.25) is 0 Å². The van der Waals surface area contributed by atoms with Crippen LogP contribution in [0.25, 0.3) is 0 Å². The molecule has 0 aliphatic carbocycles. The van der Waals surface area contributed by atoms with E-state index in [0.29, 0.717) is 12.1 Å². The van der Waals surface area contributed by atoms with E-state index >= 15 is 0 Å². The average molecular weight is 219 g/mol. The van der Waals surface area contributed by atoms with Gasteiger partial charge in [0.25, 0.3) is 0 Å². The highest BCUT2D eigenvalue weighted by Crippen LogP contribution is 2.19. The average Bonchev–Trinajstić information content (AvgIpc) is 2.73. The van der Waals surface area contributed by atoms with Crippen LogP contribution in [0.15, 0.2) is 24.3 Å². The van der Waals surface area contributed by atoms with Crippen LogP contribution in [0.1, 0.15) is 31.7 Å². The molecule has 1 aliphatic heterocycles. The Bertz CT molecular complexity index is 337. The Kier molecular flexibility index (Phi) is 3.83. The zero-order chi connectivity index (χ0) is 11.4. The molecule has 1 N–H and O–H groups in total. The van der Waals surface area contributed by atoms with Gasteiger partial charge in [0.05, 0.1) is 7.11 Å². The fourth-order valence-electron chi connectivity index (χ4n) is 2.42. The van der Waals surface area contributed by atoms with E-state index < -0.39 is 0 Å². The summed E-state index contributed by atoms with van der Waals surface area (Å²) in [5.74, 6) is 0.963. The Hall–Kier alpha value is -1.02. The minimum atomic E-state index is 0.704. The zero-order valence-electron chi connectivity index (χ0n) is 10.2. The van der Waals surface area contributed by atoms with Crippen LogP contribution >= 0.6 is 0 Å². The first-order valence-corrected chi connectivity index (χ1v) is 6.17. The molecule has 1 heterocycles. The van der Waals surface area contributed by atoms with Gasteiger partial charge in [-0.25, -0.2) is 0 Å². The van der Waals surface area contributed by atoms with Gasteiger partial charge in [-0.3, -0.25) is 0 Å². The molecule has 2 atom stereocenters. The van der Waals surface area contributed by atoms with Gasteiger partial charge in [-0.15, -0.1) is 0 Å². The molecular formula is C14H21NO. The topological polar surface area (TPSA) is 21.3 Å². The van der Waals surface area contributed by atoms with Crippen molar-refractivity contribution in [3.8, 4) is 5.75 Å². The van der Waals surface area contributed by atoms with Gasteiger partial charge in [-0.2, -0.15) is 0 Å². The number of benzene rings is 1. The fourth-order valence-corrected chi connectivity index (χ4v) is 2.42. The SMILES string of the molecule is COc1cccc(CC[C@H]2CC[C@@H](C)N2)c1. The molecule has 16 heavy (non-hydrogen) atoms. The summed E-state index contributed by atoms with van der Waals surface area (Å²) < 4.78 is 5.23. The highest BCUT2D eigenvalue weighted by Gasteiger charge is 2.19. The van der Waals surface area contributed by atoms with E-state index in [2.05, 4.69) is 30.4 Å². The Morgan fingerprint density at radius 1 is 1.38 bits per heavy atom. The van der Waals surface area contributed by atoms with Crippen LogP contribution in [0, 0.1) is 0 Å². The third kappa shape index (κ3) is 2.99. The maximum Gasteiger partial charge on any atom is 0.119 e. The molecule has 0 radical (unpaired) electrons. The smallest absolute Gasteiger partial charge is 0.119 e. The maximum absolute atomic E-state index is 5.23. The number of rotatable bonds is 4. The number of hydrogen-bond acceptors (Lipinski definition) is 2. The van der Waals surface area contributed by atoms with E-state index in [9.17, 15) is 0 Å². The first-order valence-electron chi connectivity index (χ1n) is 6.17. The van der Waals surface area contributed by atoms with Gasteiger partial charge in [-0.05, 0) is 50.3 Å². The summed E-state index contributed by atoms with van der Waals surface area (Å²) in [7, 11) is 1.72. The van der Waals surface area contributed by atoms with Crippen LogP contribution in [-0.4, -0.2) is 19.2 Å². The van der Waals surface area contributed by atoms with E-state index in [0.717, 1.165) is 12.2 Å². The summed E-state index contributed by atoms with van der Waals surface area (Å²) in [5, 5.41) is 3.62. The van der Waals surface area contributed by atoms with Gasteiger partial charge in [-0.1, -0.05) is 12.1 Å². The number of nitrogens with one attached hydrogen (secondary N) is 1. The van der Waals surface area contributed by atoms with Crippen LogP contribution in [0.5, 0.6) is 5.75 Å². The number of aryl methyl sites for hydroxylation is 1. The summed E-state index contributed by atoms with van der Waals surface area (Å²) in [6.07, 6.45) is 5.02. The lowest BCUT2D eigenvalue weighted by Gasteiger charge is -2.11. The number of hydrogen-bond donors (Lipinski definition) is 1. The van der Waals surface area contributed by atoms with Gasteiger partial charge in [0.15, 0.2) is 0 Å². The van der Waals surface area contributed by atoms with Crippen molar-refractivity contribution in [1.29, 1.82) is 0 Å². The van der Waals surface area contributed by atoms with Crippen molar-refractivity contribution in [2.45, 2.75) is 44.7 Å². The van der Waals surface area contributed by atoms with Gasteiger partial charge in [0, 0.05) is 12.1 Å². The minimum Gasteiger partial charge on any atom is -0.497 e. The molecule has 88 valence electrons. The second-order valence-electron chi connectivity index (χ2n) is 4.73. The highest BCUT2D eigenvalue weighted by molar-refractivity contribution is 5.28. The lowest BCUT2D eigenvalue weighted by Crippen LogP contribution is -2.27. The van der Waals surface area contributed by atoms with Crippen LogP contribution in [-0.2, 0) is 6.42 Å². The van der Waals surface area contributed by atoms with Crippen molar-refractivity contribution in [2.75, 3.05) is 7.11 Å². The molecule has 2 rings (SSSR count). The van der Waals surface area contributed by atoms with Crippen molar-refractivity contribution in [1.82, 2.24) is 5.32 Å². The van der Waals surface area contributed by atoms with Crippen LogP contribution in [0.4, 0.5) is 0 Å². The minimum absolute atomic E-state index is 0.704. The Morgan fingerprint density at radius 3 is 2.94 bits per heavy atom. The molecule has 0 bridgehead atoms. The molecule has 2 nitrogen and oxygen atoms in total. The molecule has 1 aromatic carbocycles. The molecule has 1 fully saturated rings. The quantitative estimate of drug-likeness (QED) is 0.840. The summed E-state index contributed by atoms with van der Waals surface area (Å²) in [6.45, 7) is 2.27. The fraction of sp³-hybridized carbons (Fsp3) is 0.571. The first-order chi connectivity index (χ1) is 7.78. The molecule has 1 aromatic rings. The molecular weight excluding hydrogens is 198 g/mol. The second-order valence-corrected chi connectivity index (χ2v) is 4.73. The lowest BCUT2D eigenvalue weighted by atomic mass is 10.0. The third-order valence-electron chi connectivity index (χ3n) is 3.38. The predicted octanol–water partition coefficient (Wildman–Crippen LogP) is 2.77. The summed E-state index contributed by atoms with van der Waals surface area (Å²) in [6, 6.07) is 9.80. The standard InChI is InChI=1S/C14H21NO/c1-11-6-8-13(15-11)9-7-12-4-3-5-14(10-12)16-2/h3-5,10-11,13,15H,6-9H2,1-2H3/t11-,13-/m1/s1. The van der Waals surface area contributed by atoms with Crippen molar-refractivity contribution in [3.05, 3.63) is 29.8 Å². The summed E-state index contributed by atoms with van der Waals surface area (Å²) >= 11 is 0. The predicted molar refractivity (Wildman–Crippen MR) is 66.9 cm³/mol. The van der Waals surface area contributed by atoms with Crippen molar-refractivity contribution in [3.63, 3.8) is 0 Å². The molecule has 0 aromatic heterocycles. The highest BCUT2D eigenvalue weighted by atomic mass is 16.5. The Labute approximate surface area is 98.0 Å². The number of ether oxygens (including phenoxy) is 1. The van der Waals surface area contributed by atoms with Crippen LogP contribution < -0.4 is 10.1 Å². The normalized spacial score (nSPS) is 24.6. The van der Waals surface area contributed by atoms with Crippen molar-refractivity contribution >= 4 is 0 Å². The molecule has 0 unspecified atom stereocenters. The van der Waals surface area contributed by atoms with Gasteiger partial charge < -0.3 is 10.1 Å². The van der Waals surface area contributed by atoms with E-state index in [4.69, 9.17) is 4.74 Å². The van der Waals surface area contributed by atoms with E-state index in [-0.39, 0.29) is 0 Å². The van der Waals surface area contributed by atoms with E-state index in [1.807, 2.05) is 6.07 Å². The first kappa shape index (κ1) is 11.5. The lowest BCUT2D eigenvalue weighted by molar-refractivity contribution is 0.414. The molecule has 1 aliphatic rings. The molecule has 2 heteroatoms. The molecule has 0 saturated carbocycles. The van der Waals surface area contributed by atoms with Crippen LogP contribution in [0.2, 0.25) is 0 Å². The van der Waals surface area contributed by atoms with Gasteiger partial charge >= 0.3 is 0 Å². The Balaban J connectivity index is 1.84. The largest absolute Gasteiger partial charge is 0.497 e. The van der Waals surface area contributed by atoms with E-state index in [1.54, 1.807) is 7.11 Å². The number of methoxy groups -OCH3 is 1. The Morgan fingerprint density at radius 2 is 2.25 bits per heavy atom. The monoisotopic (exact) mass is 219 g/mol. The van der Waals surface area contributed by atoms with Gasteiger partial charge in [0.1, 0.15) is 5.75 Å². The summed E-state index contributed by atoms with van der Waals surface area (Å²) in [5.41, 5.74) is 1.38. The summed E-state index contributed by atoms with van der Waals surface area (Å²) in [4.78, 5) is 0. The molecule has 0 spiro atoms.